The Hall–Kier alpha value is -1.03. The average Bonchev–Trinajstić information content (AvgIpc) is 2.70. The molecule has 0 radical (unpaired) electrons. The quantitative estimate of drug-likeness (QED) is 0.839. The highest BCUT2D eigenvalue weighted by atomic mass is 35.5. The van der Waals surface area contributed by atoms with Crippen molar-refractivity contribution >= 4 is 35.2 Å². The van der Waals surface area contributed by atoms with Gasteiger partial charge in [-0.2, -0.15) is 0 Å². The van der Waals surface area contributed by atoms with E-state index in [0.717, 1.165) is 11.1 Å². The lowest BCUT2D eigenvalue weighted by molar-refractivity contribution is -0.128. The Bertz CT molecular complexity index is 511. The van der Waals surface area contributed by atoms with Gasteiger partial charge in [0.25, 0.3) is 5.91 Å². The van der Waals surface area contributed by atoms with Crippen LogP contribution in [-0.2, 0) is 11.2 Å². The lowest BCUT2D eigenvalue weighted by Crippen LogP contribution is -2.28. The normalized spacial score (nSPS) is 13.3. The Morgan fingerprint density at radius 1 is 1.47 bits per heavy atom. The first-order chi connectivity index (χ1) is 8.02. The first-order valence-corrected chi connectivity index (χ1v) is 5.83. The number of aliphatic hydroxyl groups is 1. The lowest BCUT2D eigenvalue weighted by atomic mass is 10.1. The summed E-state index contributed by atoms with van der Waals surface area (Å²) in [5.74, 6) is -0.198. The van der Waals surface area contributed by atoms with Gasteiger partial charge in [-0.3, -0.25) is 4.79 Å². The van der Waals surface area contributed by atoms with Crippen LogP contribution in [0.15, 0.2) is 17.7 Å². The minimum atomic E-state index is -0.305. The van der Waals surface area contributed by atoms with Gasteiger partial charge in [0.2, 0.25) is 0 Å². The van der Waals surface area contributed by atoms with Crippen molar-refractivity contribution in [2.45, 2.75) is 6.42 Å². The van der Waals surface area contributed by atoms with Gasteiger partial charge in [0.1, 0.15) is 6.73 Å². The van der Waals surface area contributed by atoms with Gasteiger partial charge in [-0.15, -0.1) is 0 Å². The monoisotopic (exact) mass is 271 g/mol. The molecule has 0 atom stereocenters. The number of hydrogen-bond acceptors (Lipinski definition) is 2. The Morgan fingerprint density at radius 3 is 2.82 bits per heavy atom. The highest BCUT2D eigenvalue weighted by Gasteiger charge is 2.22. The van der Waals surface area contributed by atoms with Crippen molar-refractivity contribution in [2.75, 3.05) is 13.8 Å². The van der Waals surface area contributed by atoms with Gasteiger partial charge in [-0.1, -0.05) is 23.2 Å². The number of halogens is 2. The highest BCUT2D eigenvalue weighted by Crippen LogP contribution is 2.34. The fourth-order valence-electron chi connectivity index (χ4n) is 1.82. The van der Waals surface area contributed by atoms with Crippen molar-refractivity contribution in [3.05, 3.63) is 38.9 Å². The number of fused-ring (bicyclic) bond motifs is 1. The summed E-state index contributed by atoms with van der Waals surface area (Å²) >= 11 is 12.0. The fourth-order valence-corrected chi connectivity index (χ4v) is 2.41. The van der Waals surface area contributed by atoms with Crippen LogP contribution in [0.1, 0.15) is 11.1 Å². The molecule has 1 aliphatic rings. The Labute approximate surface area is 109 Å². The molecular weight excluding hydrogens is 261 g/mol. The number of hydrogen-bond donors (Lipinski definition) is 1. The van der Waals surface area contributed by atoms with Crippen LogP contribution in [0.5, 0.6) is 0 Å². The molecule has 0 bridgehead atoms. The maximum atomic E-state index is 11.9. The van der Waals surface area contributed by atoms with Crippen LogP contribution in [0.3, 0.4) is 0 Å². The lowest BCUT2D eigenvalue weighted by Gasteiger charge is -2.13. The van der Waals surface area contributed by atoms with Gasteiger partial charge >= 0.3 is 0 Å². The van der Waals surface area contributed by atoms with E-state index in [-0.39, 0.29) is 12.6 Å². The van der Waals surface area contributed by atoms with Crippen LogP contribution >= 0.6 is 23.2 Å². The maximum Gasteiger partial charge on any atom is 0.251 e. The Morgan fingerprint density at radius 2 is 2.18 bits per heavy atom. The highest BCUT2D eigenvalue weighted by molar-refractivity contribution is 6.36. The standard InChI is InChI=1S/C12H11Cl2NO2/c1-15(6-16)12(17)8-2-7-3-9(13)5-11(14)10(7)4-8/h3-5,16H,2,6H2,1H3. The predicted molar refractivity (Wildman–Crippen MR) is 68.0 cm³/mol. The molecule has 0 aliphatic heterocycles. The third-order valence-electron chi connectivity index (χ3n) is 2.71. The summed E-state index contributed by atoms with van der Waals surface area (Å²) in [6.45, 7) is -0.305. The van der Waals surface area contributed by atoms with E-state index in [9.17, 15) is 4.79 Å². The maximum absolute atomic E-state index is 11.9. The summed E-state index contributed by atoms with van der Waals surface area (Å²) in [5.41, 5.74) is 2.39. The van der Waals surface area contributed by atoms with Crippen molar-refractivity contribution < 1.29 is 9.90 Å². The second kappa shape index (κ2) is 4.69. The molecule has 0 saturated carbocycles. The van der Waals surface area contributed by atoms with Gasteiger partial charge in [0.05, 0.1) is 0 Å². The van der Waals surface area contributed by atoms with Crippen molar-refractivity contribution in [3.63, 3.8) is 0 Å². The Kier molecular flexibility index (Phi) is 3.43. The molecule has 0 unspecified atom stereocenters. The minimum Gasteiger partial charge on any atom is -0.376 e. The summed E-state index contributed by atoms with van der Waals surface area (Å²) in [6, 6.07) is 3.46. The molecule has 1 aromatic rings. The van der Waals surface area contributed by atoms with E-state index in [1.54, 1.807) is 25.3 Å². The largest absolute Gasteiger partial charge is 0.376 e. The smallest absolute Gasteiger partial charge is 0.251 e. The van der Waals surface area contributed by atoms with E-state index in [0.29, 0.717) is 22.0 Å². The van der Waals surface area contributed by atoms with Crippen LogP contribution in [0.2, 0.25) is 10.0 Å². The topological polar surface area (TPSA) is 40.5 Å². The van der Waals surface area contributed by atoms with E-state index in [2.05, 4.69) is 0 Å². The third-order valence-corrected chi connectivity index (χ3v) is 3.24. The molecule has 2 rings (SSSR count). The third kappa shape index (κ3) is 2.32. The van der Waals surface area contributed by atoms with Crippen LogP contribution in [-0.4, -0.2) is 29.7 Å². The van der Waals surface area contributed by atoms with Crippen molar-refractivity contribution in [2.24, 2.45) is 0 Å². The van der Waals surface area contributed by atoms with E-state index in [1.165, 1.54) is 4.90 Å². The number of likely N-dealkylation sites (N-methyl/N-ethyl adjacent to an activating group) is 1. The van der Waals surface area contributed by atoms with Crippen molar-refractivity contribution in [1.29, 1.82) is 0 Å². The van der Waals surface area contributed by atoms with Crippen LogP contribution in [0, 0.1) is 0 Å². The molecule has 0 fully saturated rings. The van der Waals surface area contributed by atoms with Crippen LogP contribution in [0.4, 0.5) is 0 Å². The first kappa shape index (κ1) is 12.4. The number of nitrogens with zero attached hydrogens (tertiary/aromatic N) is 1. The summed E-state index contributed by atoms with van der Waals surface area (Å²) in [7, 11) is 1.54. The molecule has 0 heterocycles. The zero-order chi connectivity index (χ0) is 12.6. The molecule has 1 amide bonds. The molecule has 3 nitrogen and oxygen atoms in total. The summed E-state index contributed by atoms with van der Waals surface area (Å²) in [5, 5.41) is 10.0. The molecule has 90 valence electrons. The zero-order valence-electron chi connectivity index (χ0n) is 9.20. The van der Waals surface area contributed by atoms with Crippen molar-refractivity contribution in [1.82, 2.24) is 4.90 Å². The Balaban J connectivity index is 2.32. The molecular formula is C12H11Cl2NO2. The summed E-state index contributed by atoms with van der Waals surface area (Å²) in [6.07, 6.45) is 2.25. The number of amides is 1. The number of rotatable bonds is 2. The number of carbonyl (C=O) groups excluding carboxylic acids is 1. The second-order valence-corrected chi connectivity index (χ2v) is 4.79. The second-order valence-electron chi connectivity index (χ2n) is 3.95. The van der Waals surface area contributed by atoms with Crippen LogP contribution < -0.4 is 0 Å². The van der Waals surface area contributed by atoms with Crippen molar-refractivity contribution in [3.8, 4) is 0 Å². The number of benzene rings is 1. The van der Waals surface area contributed by atoms with Gasteiger partial charge in [-0.05, 0) is 29.3 Å². The zero-order valence-corrected chi connectivity index (χ0v) is 10.7. The number of carbonyl (C=O) groups is 1. The van der Waals surface area contributed by atoms with E-state index in [4.69, 9.17) is 28.3 Å². The van der Waals surface area contributed by atoms with Gasteiger partial charge in [0, 0.05) is 29.1 Å². The molecule has 1 aromatic carbocycles. The first-order valence-electron chi connectivity index (χ1n) is 5.07. The van der Waals surface area contributed by atoms with Gasteiger partial charge < -0.3 is 10.0 Å². The summed E-state index contributed by atoms with van der Waals surface area (Å²) < 4.78 is 0. The molecule has 5 heteroatoms. The molecule has 1 N–H and O–H groups in total. The predicted octanol–water partition coefficient (Wildman–Crippen LogP) is 2.34. The van der Waals surface area contributed by atoms with Crippen LogP contribution in [0.25, 0.3) is 6.08 Å². The summed E-state index contributed by atoms with van der Waals surface area (Å²) in [4.78, 5) is 13.1. The molecule has 0 aromatic heterocycles. The molecule has 0 spiro atoms. The molecule has 17 heavy (non-hydrogen) atoms. The minimum absolute atomic E-state index is 0.198. The van der Waals surface area contributed by atoms with E-state index < -0.39 is 0 Å². The SMILES string of the molecule is CN(CO)C(=O)C1=Cc2c(Cl)cc(Cl)cc2C1. The van der Waals surface area contributed by atoms with E-state index in [1.807, 2.05) is 0 Å². The van der Waals surface area contributed by atoms with Gasteiger partial charge in [-0.25, -0.2) is 0 Å². The van der Waals surface area contributed by atoms with Gasteiger partial charge in [0.15, 0.2) is 0 Å². The number of aliphatic hydroxyl groups excluding tert-OH is 1. The van der Waals surface area contributed by atoms with E-state index >= 15 is 0 Å². The molecule has 1 aliphatic carbocycles. The molecule has 0 saturated heterocycles. The fraction of sp³-hybridized carbons (Fsp3) is 0.250. The average molecular weight is 272 g/mol.